The Bertz CT molecular complexity index is 937. The third-order valence-electron chi connectivity index (χ3n) is 5.97. The number of carboxylic acid groups (broad SMARTS) is 1. The topological polar surface area (TPSA) is 86.7 Å². The molecule has 0 spiro atoms. The van der Waals surface area contributed by atoms with E-state index in [1.54, 1.807) is 28.4 Å². The third-order valence-corrected chi connectivity index (χ3v) is 5.97. The lowest BCUT2D eigenvalue weighted by atomic mass is 9.91. The van der Waals surface area contributed by atoms with Gasteiger partial charge in [-0.15, -0.1) is 0 Å². The van der Waals surface area contributed by atoms with Crippen LogP contribution in [-0.2, 0) is 4.79 Å². The molecule has 1 N–H and O–H groups in total. The molecule has 0 saturated carbocycles. The number of likely N-dealkylation sites (tertiary alicyclic amines) is 1. The number of ether oxygens (including phenoxy) is 5. The van der Waals surface area contributed by atoms with Gasteiger partial charge < -0.3 is 28.8 Å². The molecule has 1 aliphatic heterocycles. The van der Waals surface area contributed by atoms with Gasteiger partial charge in [-0.2, -0.15) is 0 Å². The molecule has 8 nitrogen and oxygen atoms in total. The van der Waals surface area contributed by atoms with E-state index in [2.05, 4.69) is 4.90 Å². The van der Waals surface area contributed by atoms with Crippen molar-refractivity contribution in [1.29, 1.82) is 0 Å². The van der Waals surface area contributed by atoms with Gasteiger partial charge in [0.2, 0.25) is 5.75 Å². The predicted molar refractivity (Wildman–Crippen MR) is 124 cm³/mol. The number of hydrogen-bond acceptors (Lipinski definition) is 7. The number of aliphatic carboxylic acids is 1. The molecule has 1 heterocycles. The highest BCUT2D eigenvalue weighted by Gasteiger charge is 2.33. The SMILES string of the molecule is CCOc1cc(C(c2cc(OC)c(OC)c(OC)c2)N2CCCC(C(=O)O)C2)ccc1OC. The van der Waals surface area contributed by atoms with E-state index in [9.17, 15) is 9.90 Å². The van der Waals surface area contributed by atoms with Crippen LogP contribution in [0.2, 0.25) is 0 Å². The van der Waals surface area contributed by atoms with Gasteiger partial charge in [-0.25, -0.2) is 0 Å². The van der Waals surface area contributed by atoms with Crippen LogP contribution in [-0.4, -0.2) is 64.1 Å². The normalized spacial score (nSPS) is 17.2. The lowest BCUT2D eigenvalue weighted by molar-refractivity contribution is -0.143. The van der Waals surface area contributed by atoms with Crippen molar-refractivity contribution in [1.82, 2.24) is 4.90 Å². The van der Waals surface area contributed by atoms with Gasteiger partial charge in [0.1, 0.15) is 0 Å². The summed E-state index contributed by atoms with van der Waals surface area (Å²) in [5.74, 6) is 1.69. The van der Waals surface area contributed by atoms with Gasteiger partial charge in [-0.3, -0.25) is 9.69 Å². The Morgan fingerprint density at radius 1 is 0.970 bits per heavy atom. The van der Waals surface area contributed by atoms with Gasteiger partial charge in [-0.1, -0.05) is 6.07 Å². The molecule has 1 saturated heterocycles. The fourth-order valence-electron chi connectivity index (χ4n) is 4.45. The van der Waals surface area contributed by atoms with E-state index in [0.29, 0.717) is 48.3 Å². The Kier molecular flexibility index (Phi) is 8.27. The van der Waals surface area contributed by atoms with E-state index in [1.165, 1.54) is 0 Å². The van der Waals surface area contributed by atoms with Crippen molar-refractivity contribution in [2.75, 3.05) is 48.1 Å². The second kappa shape index (κ2) is 11.1. The minimum absolute atomic E-state index is 0.244. The van der Waals surface area contributed by atoms with Gasteiger partial charge in [0.25, 0.3) is 0 Å². The lowest BCUT2D eigenvalue weighted by Crippen LogP contribution is -2.41. The molecule has 0 aromatic heterocycles. The van der Waals surface area contributed by atoms with Crippen molar-refractivity contribution >= 4 is 5.97 Å². The summed E-state index contributed by atoms with van der Waals surface area (Å²) in [5, 5.41) is 9.67. The predicted octanol–water partition coefficient (Wildman–Crippen LogP) is 4.01. The first-order chi connectivity index (χ1) is 16.0. The molecule has 0 amide bonds. The van der Waals surface area contributed by atoms with Gasteiger partial charge >= 0.3 is 5.97 Å². The fraction of sp³-hybridized carbons (Fsp3) is 0.480. The van der Waals surface area contributed by atoms with Gasteiger partial charge in [0.15, 0.2) is 23.0 Å². The summed E-state index contributed by atoms with van der Waals surface area (Å²) >= 11 is 0. The van der Waals surface area contributed by atoms with E-state index in [-0.39, 0.29) is 6.04 Å². The summed E-state index contributed by atoms with van der Waals surface area (Å²) in [6.07, 6.45) is 1.47. The summed E-state index contributed by atoms with van der Waals surface area (Å²) in [6, 6.07) is 9.41. The van der Waals surface area contributed by atoms with Crippen molar-refractivity contribution in [3.05, 3.63) is 41.5 Å². The second-order valence-corrected chi connectivity index (χ2v) is 7.88. The first-order valence-electron chi connectivity index (χ1n) is 11.0. The molecule has 0 aliphatic carbocycles. The molecular weight excluding hydrogens is 426 g/mol. The monoisotopic (exact) mass is 459 g/mol. The standard InChI is InChI=1S/C25H33NO7/c1-6-33-20-12-16(9-10-19(20)29-2)23(26-11-7-8-17(15-26)25(27)28)18-13-21(30-3)24(32-5)22(14-18)31-4/h9-10,12-14,17,23H,6-8,11,15H2,1-5H3,(H,27,28). The van der Waals surface area contributed by atoms with Crippen molar-refractivity contribution < 1.29 is 33.6 Å². The molecule has 1 fully saturated rings. The summed E-state index contributed by atoms with van der Waals surface area (Å²) in [7, 11) is 6.34. The molecule has 0 radical (unpaired) electrons. The van der Waals surface area contributed by atoms with Gasteiger partial charge in [0, 0.05) is 6.54 Å². The zero-order valence-corrected chi connectivity index (χ0v) is 19.9. The molecule has 8 heteroatoms. The Hall–Kier alpha value is -3.13. The average Bonchev–Trinajstić information content (AvgIpc) is 2.84. The lowest BCUT2D eigenvalue weighted by Gasteiger charge is -2.38. The molecule has 2 unspecified atom stereocenters. The highest BCUT2D eigenvalue weighted by Crippen LogP contribution is 2.44. The summed E-state index contributed by atoms with van der Waals surface area (Å²) in [6.45, 7) is 3.62. The molecule has 33 heavy (non-hydrogen) atoms. The van der Waals surface area contributed by atoms with E-state index in [1.807, 2.05) is 37.3 Å². The largest absolute Gasteiger partial charge is 0.493 e. The number of piperidine rings is 1. The molecule has 2 aromatic carbocycles. The van der Waals surface area contributed by atoms with Crippen LogP contribution in [0.25, 0.3) is 0 Å². The molecule has 2 aromatic rings. The molecule has 2 atom stereocenters. The first-order valence-corrected chi connectivity index (χ1v) is 11.0. The summed E-state index contributed by atoms with van der Waals surface area (Å²) in [5.41, 5.74) is 1.86. The zero-order valence-electron chi connectivity index (χ0n) is 19.9. The highest BCUT2D eigenvalue weighted by atomic mass is 16.5. The number of rotatable bonds is 10. The van der Waals surface area contributed by atoms with Crippen LogP contribution in [0, 0.1) is 5.92 Å². The molecule has 1 aliphatic rings. The maximum atomic E-state index is 11.8. The zero-order chi connectivity index (χ0) is 24.0. The van der Waals surface area contributed by atoms with Crippen LogP contribution in [0.3, 0.4) is 0 Å². The van der Waals surface area contributed by atoms with Crippen molar-refractivity contribution in [2.24, 2.45) is 5.92 Å². The molecular formula is C25H33NO7. The van der Waals surface area contributed by atoms with E-state index in [4.69, 9.17) is 23.7 Å². The minimum atomic E-state index is -0.770. The molecule has 0 bridgehead atoms. The number of carbonyl (C=O) groups is 1. The van der Waals surface area contributed by atoms with Crippen LogP contribution >= 0.6 is 0 Å². The molecule has 3 rings (SSSR count). The first kappa shape index (κ1) is 24.5. The number of methoxy groups -OCH3 is 4. The Balaban J connectivity index is 2.16. The Morgan fingerprint density at radius 2 is 1.61 bits per heavy atom. The van der Waals surface area contributed by atoms with Crippen LogP contribution in [0.1, 0.15) is 36.9 Å². The fourth-order valence-corrected chi connectivity index (χ4v) is 4.45. The average molecular weight is 460 g/mol. The molecule has 180 valence electrons. The summed E-state index contributed by atoms with van der Waals surface area (Å²) < 4.78 is 28.0. The summed E-state index contributed by atoms with van der Waals surface area (Å²) in [4.78, 5) is 14.0. The van der Waals surface area contributed by atoms with Crippen LogP contribution in [0.4, 0.5) is 0 Å². The van der Waals surface area contributed by atoms with Gasteiger partial charge in [0.05, 0.1) is 47.0 Å². The minimum Gasteiger partial charge on any atom is -0.493 e. The third kappa shape index (κ3) is 5.27. The number of carboxylic acids is 1. The van der Waals surface area contributed by atoms with E-state index >= 15 is 0 Å². The van der Waals surface area contributed by atoms with Crippen LogP contribution in [0.15, 0.2) is 30.3 Å². The van der Waals surface area contributed by atoms with Gasteiger partial charge in [-0.05, 0) is 61.7 Å². The smallest absolute Gasteiger partial charge is 0.307 e. The van der Waals surface area contributed by atoms with Crippen molar-refractivity contribution in [3.8, 4) is 28.7 Å². The quantitative estimate of drug-likeness (QED) is 0.570. The number of nitrogens with zero attached hydrogens (tertiary/aromatic N) is 1. The van der Waals surface area contributed by atoms with Crippen molar-refractivity contribution in [3.63, 3.8) is 0 Å². The Morgan fingerprint density at radius 3 is 2.15 bits per heavy atom. The van der Waals surface area contributed by atoms with Crippen LogP contribution < -0.4 is 23.7 Å². The second-order valence-electron chi connectivity index (χ2n) is 7.88. The maximum Gasteiger partial charge on any atom is 0.307 e. The maximum absolute atomic E-state index is 11.8. The Labute approximate surface area is 195 Å². The number of hydrogen-bond donors (Lipinski definition) is 1. The van der Waals surface area contributed by atoms with Crippen LogP contribution in [0.5, 0.6) is 28.7 Å². The van der Waals surface area contributed by atoms with E-state index in [0.717, 1.165) is 24.1 Å². The highest BCUT2D eigenvalue weighted by molar-refractivity contribution is 5.70. The van der Waals surface area contributed by atoms with Crippen molar-refractivity contribution in [2.45, 2.75) is 25.8 Å². The number of benzene rings is 2. The van der Waals surface area contributed by atoms with E-state index < -0.39 is 11.9 Å².